The number of esters is 1. The number of aliphatic hydroxyl groups excluding tert-OH is 4. The lowest BCUT2D eigenvalue weighted by molar-refractivity contribution is -0.277. The van der Waals surface area contributed by atoms with Gasteiger partial charge in [-0.15, -0.1) is 0 Å². The van der Waals surface area contributed by atoms with Crippen LogP contribution in [0.25, 0.3) is 0 Å². The van der Waals surface area contributed by atoms with Crippen LogP contribution in [0.2, 0.25) is 0 Å². The molecule has 12 nitrogen and oxygen atoms in total. The predicted molar refractivity (Wildman–Crippen MR) is 135 cm³/mol. The fraction of sp³-hybridized carbons (Fsp3) is 0.346. The fourth-order valence-corrected chi connectivity index (χ4v) is 4.07. The molecular weight excluding hydrogens is 500 g/mol. The van der Waals surface area contributed by atoms with Crippen molar-refractivity contribution in [2.45, 2.75) is 43.2 Å². The van der Waals surface area contributed by atoms with E-state index in [9.17, 15) is 34.8 Å². The van der Waals surface area contributed by atoms with Crippen LogP contribution in [0.3, 0.4) is 0 Å². The molecule has 1 saturated heterocycles. The number of methoxy groups -OCH3 is 1. The summed E-state index contributed by atoms with van der Waals surface area (Å²) in [5, 5.41) is 44.9. The number of carbonyl (C=O) groups is 1. The molecule has 0 aromatic heterocycles. The highest BCUT2D eigenvalue weighted by atomic mass is 16.7. The summed E-state index contributed by atoms with van der Waals surface area (Å²) in [6, 6.07) is 14.2. The third kappa shape index (κ3) is 5.69. The van der Waals surface area contributed by atoms with E-state index in [0.29, 0.717) is 5.69 Å². The Morgan fingerprint density at radius 3 is 2.24 bits per heavy atom. The lowest BCUT2D eigenvalue weighted by Gasteiger charge is -2.39. The zero-order chi connectivity index (χ0) is 27.4. The smallest absolute Gasteiger partial charge is 0.328 e. The summed E-state index contributed by atoms with van der Waals surface area (Å²) in [6.07, 6.45) is -6.89. The van der Waals surface area contributed by atoms with Crippen molar-refractivity contribution in [2.75, 3.05) is 24.4 Å². The summed E-state index contributed by atoms with van der Waals surface area (Å²) >= 11 is 0. The van der Waals surface area contributed by atoms with Gasteiger partial charge in [0.1, 0.15) is 47.6 Å². The van der Waals surface area contributed by atoms with Crippen LogP contribution in [0.1, 0.15) is 5.56 Å². The van der Waals surface area contributed by atoms with Gasteiger partial charge in [0.25, 0.3) is 10.9 Å². The molecule has 0 radical (unpaired) electrons. The molecule has 1 fully saturated rings. The number of nitrogens with one attached hydrogen (secondary N) is 2. The quantitative estimate of drug-likeness (QED) is 0.145. The summed E-state index contributed by atoms with van der Waals surface area (Å²) in [5.41, 5.74) is -0.324. The minimum atomic E-state index is -1.58. The van der Waals surface area contributed by atoms with Crippen LogP contribution in [-0.4, -0.2) is 76.9 Å². The van der Waals surface area contributed by atoms with E-state index in [1.165, 1.54) is 31.4 Å². The molecule has 3 aromatic carbocycles. The highest BCUT2D eigenvalue weighted by Crippen LogP contribution is 2.27. The van der Waals surface area contributed by atoms with Gasteiger partial charge in [0, 0.05) is 12.1 Å². The number of ether oxygens (including phenoxy) is 3. The van der Waals surface area contributed by atoms with Crippen molar-refractivity contribution >= 4 is 23.0 Å². The van der Waals surface area contributed by atoms with Gasteiger partial charge in [-0.25, -0.2) is 4.79 Å². The summed E-state index contributed by atoms with van der Waals surface area (Å²) in [5.74, 6) is -0.376. The maximum absolute atomic E-state index is 12.3. The molecule has 0 unspecified atom stereocenters. The van der Waals surface area contributed by atoms with Crippen molar-refractivity contribution in [3.05, 3.63) is 80.6 Å². The van der Waals surface area contributed by atoms with E-state index >= 15 is 0 Å². The van der Waals surface area contributed by atoms with Crippen molar-refractivity contribution in [3.8, 4) is 5.75 Å². The minimum Gasteiger partial charge on any atom is -0.467 e. The van der Waals surface area contributed by atoms with Crippen LogP contribution in [0, 0.1) is 0 Å². The molecule has 0 bridgehead atoms. The van der Waals surface area contributed by atoms with Gasteiger partial charge in [-0.1, -0.05) is 30.3 Å². The van der Waals surface area contributed by atoms with Crippen LogP contribution in [0.15, 0.2) is 64.2 Å². The third-order valence-corrected chi connectivity index (χ3v) is 6.22. The lowest BCUT2D eigenvalue weighted by Crippen LogP contribution is -2.60. The van der Waals surface area contributed by atoms with Crippen LogP contribution in [-0.2, 0) is 20.7 Å². The van der Waals surface area contributed by atoms with Gasteiger partial charge in [-0.05, 0) is 29.8 Å². The average molecular weight is 529 g/mol. The number of hydrogen-bond donors (Lipinski definition) is 6. The first-order valence-corrected chi connectivity index (χ1v) is 11.8. The molecule has 1 aliphatic rings. The van der Waals surface area contributed by atoms with Gasteiger partial charge in [0.05, 0.1) is 13.7 Å². The van der Waals surface area contributed by atoms with Crippen molar-refractivity contribution in [3.63, 3.8) is 0 Å². The first kappa shape index (κ1) is 27.2. The molecule has 0 aliphatic carbocycles. The molecule has 38 heavy (non-hydrogen) atoms. The summed E-state index contributed by atoms with van der Waals surface area (Å²) < 4.78 is 15.7. The molecule has 12 heteroatoms. The average Bonchev–Trinajstić information content (AvgIpc) is 2.95. The predicted octanol–water partition coefficient (Wildman–Crippen LogP) is -0.599. The third-order valence-electron chi connectivity index (χ3n) is 6.22. The Morgan fingerprint density at radius 2 is 1.61 bits per heavy atom. The number of benzene rings is 2. The SMILES string of the molecule is COC(=O)[C@H](Cc1ccccc1)Nc1c(Nc2ccc(O[C@H]3O[C@H](CO)[C@@H](O)[C@H](O)[C@@H]3O)cc2)c(=O)c1=O. The number of anilines is 3. The number of hydrogen-bond acceptors (Lipinski definition) is 12. The molecule has 0 spiro atoms. The molecular formula is C26H28N2O10. The zero-order valence-electron chi connectivity index (χ0n) is 20.3. The van der Waals surface area contributed by atoms with Gasteiger partial charge in [0.2, 0.25) is 6.29 Å². The Kier molecular flexibility index (Phi) is 8.39. The maximum Gasteiger partial charge on any atom is 0.328 e. The highest BCUT2D eigenvalue weighted by molar-refractivity contribution is 5.85. The van der Waals surface area contributed by atoms with E-state index < -0.39 is 60.2 Å². The van der Waals surface area contributed by atoms with Gasteiger partial charge < -0.3 is 45.3 Å². The summed E-state index contributed by atoms with van der Waals surface area (Å²) in [7, 11) is 1.23. The van der Waals surface area contributed by atoms with E-state index in [2.05, 4.69) is 10.6 Å². The molecule has 6 atom stereocenters. The van der Waals surface area contributed by atoms with E-state index in [-0.39, 0.29) is 23.5 Å². The second-order valence-corrected chi connectivity index (χ2v) is 8.78. The van der Waals surface area contributed by atoms with Gasteiger partial charge in [0.15, 0.2) is 0 Å². The van der Waals surface area contributed by atoms with E-state index in [4.69, 9.17) is 14.2 Å². The second-order valence-electron chi connectivity index (χ2n) is 8.78. The van der Waals surface area contributed by atoms with Gasteiger partial charge in [-0.3, -0.25) is 9.59 Å². The van der Waals surface area contributed by atoms with E-state index in [0.717, 1.165) is 5.56 Å². The van der Waals surface area contributed by atoms with Gasteiger partial charge in [-0.2, -0.15) is 0 Å². The molecule has 1 aliphatic heterocycles. The normalized spacial score (nSPS) is 24.0. The number of aliphatic hydroxyl groups is 4. The van der Waals surface area contributed by atoms with Gasteiger partial charge >= 0.3 is 5.97 Å². The molecule has 0 amide bonds. The number of carbonyl (C=O) groups excluding carboxylic acids is 1. The first-order valence-electron chi connectivity index (χ1n) is 11.8. The van der Waals surface area contributed by atoms with Crippen LogP contribution in [0.5, 0.6) is 5.75 Å². The van der Waals surface area contributed by atoms with Crippen LogP contribution in [0.4, 0.5) is 17.1 Å². The fourth-order valence-electron chi connectivity index (χ4n) is 4.07. The Balaban J connectivity index is 1.45. The summed E-state index contributed by atoms with van der Waals surface area (Å²) in [4.78, 5) is 36.9. The van der Waals surface area contributed by atoms with Crippen molar-refractivity contribution < 1.29 is 39.4 Å². The Bertz CT molecular complexity index is 1300. The van der Waals surface area contributed by atoms with Crippen molar-refractivity contribution in [1.82, 2.24) is 0 Å². The second kappa shape index (κ2) is 11.7. The highest BCUT2D eigenvalue weighted by Gasteiger charge is 2.44. The first-order chi connectivity index (χ1) is 18.2. The number of rotatable bonds is 10. The molecule has 4 rings (SSSR count). The molecule has 3 aromatic rings. The Labute approximate surface area is 216 Å². The lowest BCUT2D eigenvalue weighted by atomic mass is 9.99. The zero-order valence-corrected chi connectivity index (χ0v) is 20.3. The molecule has 6 N–H and O–H groups in total. The topological polar surface area (TPSA) is 184 Å². The largest absolute Gasteiger partial charge is 0.467 e. The molecule has 1 heterocycles. The monoisotopic (exact) mass is 528 g/mol. The van der Waals surface area contributed by atoms with E-state index in [1.807, 2.05) is 30.3 Å². The maximum atomic E-state index is 12.3. The Morgan fingerprint density at radius 1 is 0.947 bits per heavy atom. The molecule has 0 saturated carbocycles. The molecule has 202 valence electrons. The van der Waals surface area contributed by atoms with Crippen LogP contribution >= 0.6 is 0 Å². The van der Waals surface area contributed by atoms with Crippen LogP contribution < -0.4 is 26.2 Å². The van der Waals surface area contributed by atoms with Crippen molar-refractivity contribution in [1.29, 1.82) is 0 Å². The van der Waals surface area contributed by atoms with Crippen molar-refractivity contribution in [2.24, 2.45) is 0 Å². The summed E-state index contributed by atoms with van der Waals surface area (Å²) in [6.45, 7) is -0.589. The Hall–Kier alpha value is -3.81. The standard InChI is InChI=1S/C26H28N2O10/c1-36-25(35)16(11-13-5-3-2-4-6-13)28-19-18(21(31)22(19)32)27-14-7-9-15(10-8-14)37-26-24(34)23(33)20(30)17(12-29)38-26/h2-10,16-17,20,23-24,26-30,33-34H,11-12H2,1H3/t16-,17+,20+,23-,24-,26-/m0/s1. The van der Waals surface area contributed by atoms with E-state index in [1.54, 1.807) is 0 Å². The minimum absolute atomic E-state index is 0.0143.